The van der Waals surface area contributed by atoms with Gasteiger partial charge in [-0.3, -0.25) is 4.79 Å². The number of rotatable bonds is 3. The normalized spacial score (nSPS) is 19.3. The van der Waals surface area contributed by atoms with E-state index in [1.807, 2.05) is 39.0 Å². The predicted octanol–water partition coefficient (Wildman–Crippen LogP) is 1.32. The molecule has 110 valence electrons. The van der Waals surface area contributed by atoms with E-state index < -0.39 is 6.10 Å². The minimum atomic E-state index is -0.638. The first-order valence-corrected chi connectivity index (χ1v) is 6.80. The maximum absolute atomic E-state index is 12.3. The van der Waals surface area contributed by atoms with Crippen molar-refractivity contribution in [2.75, 3.05) is 13.2 Å². The summed E-state index contributed by atoms with van der Waals surface area (Å²) < 4.78 is 11.2. The fourth-order valence-corrected chi connectivity index (χ4v) is 2.04. The second kappa shape index (κ2) is 5.71. The number of nitrogens with one attached hydrogen (secondary N) is 1. The van der Waals surface area contributed by atoms with Crippen molar-refractivity contribution >= 4 is 5.91 Å². The van der Waals surface area contributed by atoms with Gasteiger partial charge < -0.3 is 20.5 Å². The van der Waals surface area contributed by atoms with Gasteiger partial charge in [0.1, 0.15) is 6.61 Å². The SMILES string of the molecule is CC(C)(C)C(CN)NC(=O)C1COc2ccccc2O1. The third-order valence-electron chi connectivity index (χ3n) is 3.40. The molecule has 0 fully saturated rings. The minimum Gasteiger partial charge on any atom is -0.485 e. The van der Waals surface area contributed by atoms with Crippen LogP contribution in [0.2, 0.25) is 0 Å². The molecule has 2 rings (SSSR count). The number of amides is 1. The van der Waals surface area contributed by atoms with Crippen molar-refractivity contribution in [1.82, 2.24) is 5.32 Å². The van der Waals surface area contributed by atoms with Gasteiger partial charge in [0, 0.05) is 12.6 Å². The molecule has 1 heterocycles. The second-order valence-corrected chi connectivity index (χ2v) is 6.03. The third-order valence-corrected chi connectivity index (χ3v) is 3.40. The van der Waals surface area contributed by atoms with Crippen LogP contribution in [0.3, 0.4) is 0 Å². The van der Waals surface area contributed by atoms with Gasteiger partial charge >= 0.3 is 0 Å². The van der Waals surface area contributed by atoms with Gasteiger partial charge in [0.05, 0.1) is 0 Å². The predicted molar refractivity (Wildman–Crippen MR) is 76.8 cm³/mol. The van der Waals surface area contributed by atoms with Crippen LogP contribution in [0.5, 0.6) is 11.5 Å². The molecule has 3 N–H and O–H groups in total. The summed E-state index contributed by atoms with van der Waals surface area (Å²) in [5.41, 5.74) is 5.63. The fraction of sp³-hybridized carbons (Fsp3) is 0.533. The first kappa shape index (κ1) is 14.7. The molecule has 5 heteroatoms. The summed E-state index contributed by atoms with van der Waals surface area (Å²) in [5.74, 6) is 1.08. The van der Waals surface area contributed by atoms with Gasteiger partial charge in [0.25, 0.3) is 5.91 Å². The summed E-state index contributed by atoms with van der Waals surface area (Å²) in [6.07, 6.45) is -0.638. The lowest BCUT2D eigenvalue weighted by atomic mass is 9.86. The summed E-state index contributed by atoms with van der Waals surface area (Å²) in [6, 6.07) is 7.23. The zero-order valence-electron chi connectivity index (χ0n) is 12.2. The summed E-state index contributed by atoms with van der Waals surface area (Å²) in [5, 5.41) is 2.94. The molecule has 1 aliphatic rings. The third kappa shape index (κ3) is 3.22. The summed E-state index contributed by atoms with van der Waals surface area (Å²) >= 11 is 0. The van der Waals surface area contributed by atoms with E-state index in [0.29, 0.717) is 18.0 Å². The first-order valence-electron chi connectivity index (χ1n) is 6.80. The van der Waals surface area contributed by atoms with Gasteiger partial charge in [-0.1, -0.05) is 32.9 Å². The van der Waals surface area contributed by atoms with Crippen LogP contribution in [0.15, 0.2) is 24.3 Å². The number of hydrogen-bond acceptors (Lipinski definition) is 4. The highest BCUT2D eigenvalue weighted by Gasteiger charge is 2.31. The molecule has 2 atom stereocenters. The van der Waals surface area contributed by atoms with Crippen LogP contribution in [0, 0.1) is 5.41 Å². The Bertz CT molecular complexity index is 482. The van der Waals surface area contributed by atoms with Gasteiger partial charge in [-0.2, -0.15) is 0 Å². The molecule has 0 saturated heterocycles. The van der Waals surface area contributed by atoms with Crippen LogP contribution in [0.25, 0.3) is 0 Å². The Hall–Kier alpha value is -1.75. The number of benzene rings is 1. The van der Waals surface area contributed by atoms with Gasteiger partial charge in [-0.25, -0.2) is 0 Å². The quantitative estimate of drug-likeness (QED) is 0.874. The molecule has 0 spiro atoms. The Balaban J connectivity index is 2.01. The molecule has 5 nitrogen and oxygen atoms in total. The highest BCUT2D eigenvalue weighted by atomic mass is 16.6. The number of carbonyl (C=O) groups excluding carboxylic acids is 1. The number of carbonyl (C=O) groups is 1. The lowest BCUT2D eigenvalue weighted by Gasteiger charge is -2.33. The Morgan fingerprint density at radius 2 is 2.05 bits per heavy atom. The number of fused-ring (bicyclic) bond motifs is 1. The van der Waals surface area contributed by atoms with Crippen molar-refractivity contribution < 1.29 is 14.3 Å². The molecule has 0 saturated carbocycles. The Labute approximate surface area is 119 Å². The lowest BCUT2D eigenvalue weighted by molar-refractivity contribution is -0.131. The fourth-order valence-electron chi connectivity index (χ4n) is 2.04. The highest BCUT2D eigenvalue weighted by Crippen LogP contribution is 2.31. The van der Waals surface area contributed by atoms with Crippen LogP contribution in [0.1, 0.15) is 20.8 Å². The molecule has 1 aromatic carbocycles. The van der Waals surface area contributed by atoms with Crippen molar-refractivity contribution in [3.63, 3.8) is 0 Å². The van der Waals surface area contributed by atoms with Crippen molar-refractivity contribution in [3.05, 3.63) is 24.3 Å². The number of hydrogen-bond donors (Lipinski definition) is 2. The molecule has 0 radical (unpaired) electrons. The Morgan fingerprint density at radius 3 is 2.65 bits per heavy atom. The van der Waals surface area contributed by atoms with E-state index in [1.54, 1.807) is 6.07 Å². The average Bonchev–Trinajstić information content (AvgIpc) is 2.42. The van der Waals surface area contributed by atoms with Crippen molar-refractivity contribution in [2.24, 2.45) is 11.1 Å². The van der Waals surface area contributed by atoms with E-state index in [-0.39, 0.29) is 24.0 Å². The van der Waals surface area contributed by atoms with Gasteiger partial charge in [0.15, 0.2) is 11.5 Å². The van der Waals surface area contributed by atoms with Crippen LogP contribution < -0.4 is 20.5 Å². The number of ether oxygens (including phenoxy) is 2. The summed E-state index contributed by atoms with van der Waals surface area (Å²) in [4.78, 5) is 12.3. The van der Waals surface area contributed by atoms with Crippen molar-refractivity contribution in [2.45, 2.75) is 32.9 Å². The van der Waals surface area contributed by atoms with E-state index in [9.17, 15) is 4.79 Å². The van der Waals surface area contributed by atoms with E-state index in [4.69, 9.17) is 15.2 Å². The molecule has 0 aliphatic carbocycles. The van der Waals surface area contributed by atoms with Crippen LogP contribution in [-0.2, 0) is 4.79 Å². The standard InChI is InChI=1S/C15H22N2O3/c1-15(2,3)13(8-16)17-14(18)12-9-19-10-6-4-5-7-11(10)20-12/h4-7,12-13H,8-9,16H2,1-3H3,(H,17,18). The zero-order chi connectivity index (χ0) is 14.8. The molecule has 1 aromatic rings. The average molecular weight is 278 g/mol. The van der Waals surface area contributed by atoms with Gasteiger partial charge in [-0.15, -0.1) is 0 Å². The lowest BCUT2D eigenvalue weighted by Crippen LogP contribution is -2.54. The van der Waals surface area contributed by atoms with Crippen molar-refractivity contribution in [3.8, 4) is 11.5 Å². The molecular weight excluding hydrogens is 256 g/mol. The minimum absolute atomic E-state index is 0.0994. The van der Waals surface area contributed by atoms with Gasteiger partial charge in [0.2, 0.25) is 6.10 Å². The maximum Gasteiger partial charge on any atom is 0.264 e. The first-order chi connectivity index (χ1) is 9.41. The Morgan fingerprint density at radius 1 is 1.40 bits per heavy atom. The number of nitrogens with two attached hydrogens (primary N) is 1. The summed E-state index contributed by atoms with van der Waals surface area (Å²) in [6.45, 7) is 6.72. The summed E-state index contributed by atoms with van der Waals surface area (Å²) in [7, 11) is 0. The van der Waals surface area contributed by atoms with Crippen molar-refractivity contribution in [1.29, 1.82) is 0 Å². The topological polar surface area (TPSA) is 73.6 Å². The molecule has 1 aliphatic heterocycles. The van der Waals surface area contributed by atoms with Gasteiger partial charge in [-0.05, 0) is 17.5 Å². The molecule has 20 heavy (non-hydrogen) atoms. The highest BCUT2D eigenvalue weighted by molar-refractivity contribution is 5.82. The molecule has 0 bridgehead atoms. The smallest absolute Gasteiger partial charge is 0.264 e. The van der Waals surface area contributed by atoms with Crippen LogP contribution in [-0.4, -0.2) is 31.2 Å². The second-order valence-electron chi connectivity index (χ2n) is 6.03. The Kier molecular flexibility index (Phi) is 4.18. The van der Waals surface area contributed by atoms with E-state index >= 15 is 0 Å². The van der Waals surface area contributed by atoms with Crippen LogP contribution in [0.4, 0.5) is 0 Å². The molecular formula is C15H22N2O3. The van der Waals surface area contributed by atoms with E-state index in [1.165, 1.54) is 0 Å². The molecule has 2 unspecified atom stereocenters. The molecule has 0 aromatic heterocycles. The maximum atomic E-state index is 12.3. The number of para-hydroxylation sites is 2. The largest absolute Gasteiger partial charge is 0.485 e. The zero-order valence-corrected chi connectivity index (χ0v) is 12.2. The van der Waals surface area contributed by atoms with E-state index in [0.717, 1.165) is 0 Å². The van der Waals surface area contributed by atoms with Crippen LogP contribution >= 0.6 is 0 Å². The monoisotopic (exact) mass is 278 g/mol. The van der Waals surface area contributed by atoms with E-state index in [2.05, 4.69) is 5.32 Å². The molecule has 1 amide bonds.